The molecular weight excluding hydrogens is 442 g/mol. The smallest absolute Gasteiger partial charge is 0.263 e. The van der Waals surface area contributed by atoms with Gasteiger partial charge in [0.05, 0.1) is 21.8 Å². The average Bonchev–Trinajstić information content (AvgIpc) is 3.24. The number of hydrogen-bond acceptors (Lipinski definition) is 4. The van der Waals surface area contributed by atoms with Crippen LogP contribution < -0.4 is 5.56 Å². The van der Waals surface area contributed by atoms with Crippen LogP contribution in [-0.2, 0) is 6.54 Å². The third kappa shape index (κ3) is 4.20. The maximum Gasteiger partial charge on any atom is 0.263 e. The van der Waals surface area contributed by atoms with Gasteiger partial charge in [-0.05, 0) is 48.7 Å². The van der Waals surface area contributed by atoms with Gasteiger partial charge in [0.1, 0.15) is 5.56 Å². The van der Waals surface area contributed by atoms with Gasteiger partial charge in [-0.2, -0.15) is 0 Å². The molecule has 1 aliphatic heterocycles. The van der Waals surface area contributed by atoms with Gasteiger partial charge in [0, 0.05) is 30.2 Å². The van der Waals surface area contributed by atoms with Crippen molar-refractivity contribution in [2.24, 2.45) is 0 Å². The van der Waals surface area contributed by atoms with Gasteiger partial charge in [-0.3, -0.25) is 9.59 Å². The molecule has 7 heteroatoms. The van der Waals surface area contributed by atoms with Gasteiger partial charge in [0.25, 0.3) is 11.5 Å². The topological polar surface area (TPSA) is 55.2 Å². The van der Waals surface area contributed by atoms with E-state index in [0.29, 0.717) is 30.6 Å². The summed E-state index contributed by atoms with van der Waals surface area (Å²) in [6.07, 6.45) is 3.41. The van der Waals surface area contributed by atoms with Crippen LogP contribution in [0.4, 0.5) is 0 Å². The molecule has 0 N–H and O–H groups in total. The number of benzene rings is 2. The van der Waals surface area contributed by atoms with Gasteiger partial charge in [0.15, 0.2) is 0 Å². The number of rotatable bonds is 4. The van der Waals surface area contributed by atoms with Crippen molar-refractivity contribution in [3.8, 4) is 0 Å². The van der Waals surface area contributed by atoms with E-state index in [0.717, 1.165) is 33.6 Å². The number of halogens is 1. The molecule has 0 aliphatic carbocycles. The Morgan fingerprint density at radius 2 is 1.84 bits per heavy atom. The van der Waals surface area contributed by atoms with Crippen molar-refractivity contribution in [1.82, 2.24) is 14.5 Å². The Bertz CT molecular complexity index is 1320. The van der Waals surface area contributed by atoms with E-state index in [1.807, 2.05) is 48.5 Å². The average molecular weight is 464 g/mol. The quantitative estimate of drug-likeness (QED) is 0.419. The first kappa shape index (κ1) is 20.9. The number of aromatic nitrogens is 2. The van der Waals surface area contributed by atoms with Gasteiger partial charge in [0.2, 0.25) is 0 Å². The number of pyridine rings is 1. The number of fused-ring (bicyclic) bond motifs is 1. The normalized spacial score (nSPS) is 14.7. The highest BCUT2D eigenvalue weighted by molar-refractivity contribution is 7.18. The van der Waals surface area contributed by atoms with Crippen LogP contribution in [0.1, 0.15) is 39.7 Å². The summed E-state index contributed by atoms with van der Waals surface area (Å²) in [5, 5.41) is 1.79. The predicted octanol–water partition coefficient (Wildman–Crippen LogP) is 5.18. The fraction of sp³-hybridized carbons (Fsp3) is 0.240. The Labute approximate surface area is 194 Å². The summed E-state index contributed by atoms with van der Waals surface area (Å²) >= 11 is 7.79. The fourth-order valence-electron chi connectivity index (χ4n) is 4.20. The van der Waals surface area contributed by atoms with Crippen molar-refractivity contribution in [3.63, 3.8) is 0 Å². The molecule has 1 aliphatic rings. The number of piperidine rings is 1. The van der Waals surface area contributed by atoms with E-state index in [2.05, 4.69) is 0 Å². The first-order valence-electron chi connectivity index (χ1n) is 10.7. The van der Waals surface area contributed by atoms with Gasteiger partial charge in [-0.25, -0.2) is 4.98 Å². The Morgan fingerprint density at radius 1 is 1.06 bits per heavy atom. The van der Waals surface area contributed by atoms with Crippen molar-refractivity contribution >= 4 is 39.1 Å². The minimum atomic E-state index is -0.244. The molecule has 32 heavy (non-hydrogen) atoms. The summed E-state index contributed by atoms with van der Waals surface area (Å²) < 4.78 is 2.73. The molecule has 5 nitrogen and oxygen atoms in total. The van der Waals surface area contributed by atoms with Crippen molar-refractivity contribution in [2.75, 3.05) is 13.1 Å². The molecule has 0 saturated carbocycles. The van der Waals surface area contributed by atoms with E-state index in [1.165, 1.54) is 0 Å². The van der Waals surface area contributed by atoms with Gasteiger partial charge in [-0.15, -0.1) is 11.3 Å². The van der Waals surface area contributed by atoms with Gasteiger partial charge < -0.3 is 9.47 Å². The molecule has 0 bridgehead atoms. The number of hydrogen-bond donors (Lipinski definition) is 0. The molecule has 1 saturated heterocycles. The lowest BCUT2D eigenvalue weighted by molar-refractivity contribution is 0.0710. The predicted molar refractivity (Wildman–Crippen MR) is 129 cm³/mol. The second kappa shape index (κ2) is 8.88. The third-order valence-electron chi connectivity index (χ3n) is 5.94. The Morgan fingerprint density at radius 3 is 2.62 bits per heavy atom. The Hall–Kier alpha value is -2.96. The molecule has 3 heterocycles. The van der Waals surface area contributed by atoms with Gasteiger partial charge in [-0.1, -0.05) is 41.9 Å². The summed E-state index contributed by atoms with van der Waals surface area (Å²) in [4.78, 5) is 32.7. The van der Waals surface area contributed by atoms with Crippen LogP contribution in [-0.4, -0.2) is 33.4 Å². The van der Waals surface area contributed by atoms with E-state index in [1.54, 1.807) is 39.1 Å². The van der Waals surface area contributed by atoms with Crippen LogP contribution in [0.2, 0.25) is 5.02 Å². The minimum Gasteiger partial charge on any atom is -0.338 e. The van der Waals surface area contributed by atoms with E-state index in [9.17, 15) is 9.59 Å². The standard InChI is InChI=1S/C25H22ClN3O2S/c26-19-8-9-22-21(15-19)27-23(32-22)18-10-13-28(14-11-18)24(30)20-7-4-12-29(25(20)31)16-17-5-2-1-3-6-17/h1-9,12,15,18H,10-11,13-14,16H2. The molecule has 4 aromatic rings. The maximum atomic E-state index is 13.1. The van der Waals surface area contributed by atoms with Crippen molar-refractivity contribution in [2.45, 2.75) is 25.3 Å². The molecule has 0 atom stereocenters. The van der Waals surface area contributed by atoms with E-state index >= 15 is 0 Å². The second-order valence-electron chi connectivity index (χ2n) is 8.07. The number of nitrogens with zero attached hydrogens (tertiary/aromatic N) is 3. The first-order chi connectivity index (χ1) is 15.6. The van der Waals surface area contributed by atoms with Crippen LogP contribution in [0.15, 0.2) is 71.7 Å². The summed E-state index contributed by atoms with van der Waals surface area (Å²) in [6.45, 7) is 1.69. The van der Waals surface area contributed by atoms with Crippen LogP contribution in [0.5, 0.6) is 0 Å². The molecule has 5 rings (SSSR count). The summed E-state index contributed by atoms with van der Waals surface area (Å²) in [5.41, 5.74) is 1.94. The fourth-order valence-corrected chi connectivity index (χ4v) is 5.48. The zero-order valence-corrected chi connectivity index (χ0v) is 19.0. The first-order valence-corrected chi connectivity index (χ1v) is 11.9. The highest BCUT2D eigenvalue weighted by Crippen LogP contribution is 2.34. The molecule has 0 unspecified atom stereocenters. The van der Waals surface area contributed by atoms with Crippen LogP contribution in [0, 0.1) is 0 Å². The molecule has 162 valence electrons. The molecular formula is C25H22ClN3O2S. The van der Waals surface area contributed by atoms with Crippen molar-refractivity contribution in [1.29, 1.82) is 0 Å². The SMILES string of the molecule is O=C(c1cccn(Cc2ccccc2)c1=O)N1CCC(c2nc3cc(Cl)ccc3s2)CC1. The second-order valence-corrected chi connectivity index (χ2v) is 9.57. The van der Waals surface area contributed by atoms with Crippen molar-refractivity contribution < 1.29 is 4.79 Å². The summed E-state index contributed by atoms with van der Waals surface area (Å²) in [6, 6.07) is 19.0. The highest BCUT2D eigenvalue weighted by Gasteiger charge is 2.28. The molecule has 2 aromatic carbocycles. The monoisotopic (exact) mass is 463 g/mol. The number of amides is 1. The number of carbonyl (C=O) groups is 1. The molecule has 1 fully saturated rings. The Balaban J connectivity index is 1.29. The Kier molecular flexibility index (Phi) is 5.81. The largest absolute Gasteiger partial charge is 0.338 e. The summed E-state index contributed by atoms with van der Waals surface area (Å²) in [7, 11) is 0. The molecule has 2 aromatic heterocycles. The molecule has 0 radical (unpaired) electrons. The van der Waals surface area contributed by atoms with Crippen LogP contribution >= 0.6 is 22.9 Å². The lowest BCUT2D eigenvalue weighted by atomic mass is 9.97. The van der Waals surface area contributed by atoms with Crippen LogP contribution in [0.25, 0.3) is 10.2 Å². The minimum absolute atomic E-state index is 0.188. The third-order valence-corrected chi connectivity index (χ3v) is 7.38. The number of carbonyl (C=O) groups excluding carboxylic acids is 1. The highest BCUT2D eigenvalue weighted by atomic mass is 35.5. The lowest BCUT2D eigenvalue weighted by Crippen LogP contribution is -2.41. The van der Waals surface area contributed by atoms with Crippen LogP contribution in [0.3, 0.4) is 0 Å². The van der Waals surface area contributed by atoms with Gasteiger partial charge >= 0.3 is 0 Å². The van der Waals surface area contributed by atoms with E-state index in [-0.39, 0.29) is 17.0 Å². The van der Waals surface area contributed by atoms with E-state index in [4.69, 9.17) is 16.6 Å². The molecule has 0 spiro atoms. The number of thiazole rings is 1. The lowest BCUT2D eigenvalue weighted by Gasteiger charge is -2.31. The molecule has 1 amide bonds. The maximum absolute atomic E-state index is 13.1. The zero-order chi connectivity index (χ0) is 22.1. The van der Waals surface area contributed by atoms with E-state index < -0.39 is 0 Å². The zero-order valence-electron chi connectivity index (χ0n) is 17.4. The summed E-state index contributed by atoms with van der Waals surface area (Å²) in [5.74, 6) is 0.132. The number of likely N-dealkylation sites (tertiary alicyclic amines) is 1. The van der Waals surface area contributed by atoms with Crippen molar-refractivity contribution in [3.05, 3.63) is 98.4 Å².